The number of Topliss-reactive ketones (excluding diaryl/α,β-unsaturated/α-hetero) is 1. The Hall–Kier alpha value is -3.69. The summed E-state index contributed by atoms with van der Waals surface area (Å²) in [5.41, 5.74) is 5.98. The number of rotatable bonds is 7. The van der Waals surface area contributed by atoms with Crippen molar-refractivity contribution in [2.24, 2.45) is 0 Å². The molecule has 1 aliphatic heterocycles. The molecule has 1 aliphatic rings. The number of hydrogen-bond donors (Lipinski definition) is 2. The zero-order chi connectivity index (χ0) is 26.1. The molecule has 0 aliphatic carbocycles. The Morgan fingerprint density at radius 1 is 1.05 bits per heavy atom. The van der Waals surface area contributed by atoms with Crippen LogP contribution in [0.5, 0.6) is 0 Å². The second kappa shape index (κ2) is 10.4. The van der Waals surface area contributed by atoms with E-state index in [1.165, 1.54) is 11.8 Å². The first kappa shape index (κ1) is 25.0. The normalized spacial score (nSPS) is 14.8. The minimum Gasteiger partial charge on any atom is -0.328 e. The highest BCUT2D eigenvalue weighted by molar-refractivity contribution is 7.99. The lowest BCUT2D eigenvalue weighted by Crippen LogP contribution is -2.31. The molecule has 2 aromatic carbocycles. The van der Waals surface area contributed by atoms with E-state index in [2.05, 4.69) is 15.6 Å². The number of aryl methyl sites for hydroxylation is 3. The van der Waals surface area contributed by atoms with Crippen LogP contribution in [0.2, 0.25) is 0 Å². The Kier molecular flexibility index (Phi) is 6.99. The first-order valence-corrected chi connectivity index (χ1v) is 13.8. The number of benzene rings is 2. The van der Waals surface area contributed by atoms with Gasteiger partial charge in [-0.25, -0.2) is 4.68 Å². The van der Waals surface area contributed by atoms with Crippen LogP contribution in [0, 0.1) is 20.8 Å². The van der Waals surface area contributed by atoms with E-state index in [-0.39, 0.29) is 17.4 Å². The van der Waals surface area contributed by atoms with Gasteiger partial charge < -0.3 is 10.6 Å². The first-order valence-electron chi connectivity index (χ1n) is 11.9. The summed E-state index contributed by atoms with van der Waals surface area (Å²) in [6, 6.07) is 17.0. The van der Waals surface area contributed by atoms with Gasteiger partial charge in [0.2, 0.25) is 11.1 Å². The largest absolute Gasteiger partial charge is 0.328 e. The third-order valence-electron chi connectivity index (χ3n) is 6.23. The monoisotopic (exact) mass is 529 g/mol. The van der Waals surface area contributed by atoms with Crippen LogP contribution in [-0.2, 0) is 4.79 Å². The van der Waals surface area contributed by atoms with Gasteiger partial charge in [-0.2, -0.15) is 4.98 Å². The number of ketones is 1. The predicted molar refractivity (Wildman–Crippen MR) is 150 cm³/mol. The Balaban J connectivity index is 1.41. The molecule has 1 atom stereocenters. The molecule has 0 fully saturated rings. The fourth-order valence-electron chi connectivity index (χ4n) is 4.29. The van der Waals surface area contributed by atoms with Crippen LogP contribution in [0.15, 0.2) is 76.4 Å². The second-order valence-electron chi connectivity index (χ2n) is 9.09. The molecule has 0 bridgehead atoms. The number of amides is 1. The van der Waals surface area contributed by atoms with Crippen LogP contribution < -0.4 is 10.6 Å². The number of nitrogens with one attached hydrogen (secondary N) is 2. The summed E-state index contributed by atoms with van der Waals surface area (Å²) < 4.78 is 1.74. The lowest BCUT2D eigenvalue weighted by molar-refractivity contribution is -0.113. The Labute approximate surface area is 224 Å². The van der Waals surface area contributed by atoms with Gasteiger partial charge in [-0.15, -0.1) is 16.4 Å². The molecule has 0 radical (unpaired) electrons. The summed E-state index contributed by atoms with van der Waals surface area (Å²) in [6.45, 7) is 7.88. The molecule has 188 valence electrons. The number of thioether (sulfide) groups is 1. The van der Waals surface area contributed by atoms with Crippen molar-refractivity contribution in [1.82, 2.24) is 14.8 Å². The molecule has 9 heteroatoms. The van der Waals surface area contributed by atoms with E-state index >= 15 is 0 Å². The van der Waals surface area contributed by atoms with Gasteiger partial charge in [0.25, 0.3) is 5.91 Å². The van der Waals surface area contributed by atoms with E-state index in [9.17, 15) is 9.59 Å². The van der Waals surface area contributed by atoms with Crippen molar-refractivity contribution in [3.63, 3.8) is 0 Å². The molecule has 2 N–H and O–H groups in total. The smallest absolute Gasteiger partial charge is 0.255 e. The average Bonchev–Trinajstić information content (AvgIpc) is 3.54. The number of fused-ring (bicyclic) bond motifs is 1. The molecule has 7 nitrogen and oxygen atoms in total. The maximum Gasteiger partial charge on any atom is 0.255 e. The van der Waals surface area contributed by atoms with Gasteiger partial charge >= 0.3 is 0 Å². The highest BCUT2D eigenvalue weighted by atomic mass is 32.2. The lowest BCUT2D eigenvalue weighted by atomic mass is 10.0. The SMILES string of the molecule is CC1=C(C(=O)Nc2ccc(C)cc2C)C(c2cccs2)n2nc(SCC(=O)c3ccc(C)cc3)nc2N1. The van der Waals surface area contributed by atoms with Gasteiger partial charge in [-0.1, -0.05) is 65.4 Å². The second-order valence-corrected chi connectivity index (χ2v) is 11.0. The average molecular weight is 530 g/mol. The molecule has 4 aromatic rings. The molecule has 1 unspecified atom stereocenters. The van der Waals surface area contributed by atoms with E-state index < -0.39 is 6.04 Å². The molecule has 5 rings (SSSR count). The highest BCUT2D eigenvalue weighted by Crippen LogP contribution is 2.38. The van der Waals surface area contributed by atoms with E-state index in [0.717, 1.165) is 27.3 Å². The third-order valence-corrected chi connectivity index (χ3v) is 7.99. The number of carbonyl (C=O) groups is 2. The summed E-state index contributed by atoms with van der Waals surface area (Å²) in [5.74, 6) is 0.593. The molecule has 0 saturated carbocycles. The number of allylic oxidation sites excluding steroid dienone is 1. The van der Waals surface area contributed by atoms with Crippen LogP contribution in [0.3, 0.4) is 0 Å². The summed E-state index contributed by atoms with van der Waals surface area (Å²) in [6.07, 6.45) is 0. The van der Waals surface area contributed by atoms with Crippen molar-refractivity contribution in [3.05, 3.63) is 98.4 Å². The van der Waals surface area contributed by atoms with E-state index in [4.69, 9.17) is 5.10 Å². The molecular weight excluding hydrogens is 502 g/mol. The van der Waals surface area contributed by atoms with Crippen LogP contribution in [0.1, 0.15) is 44.9 Å². The Bertz CT molecular complexity index is 1500. The first-order chi connectivity index (χ1) is 17.8. The van der Waals surface area contributed by atoms with Crippen LogP contribution in [-0.4, -0.2) is 32.2 Å². The number of hydrogen-bond acceptors (Lipinski definition) is 7. The van der Waals surface area contributed by atoms with Crippen LogP contribution in [0.25, 0.3) is 0 Å². The van der Waals surface area contributed by atoms with E-state index in [1.54, 1.807) is 16.0 Å². The fourth-order valence-corrected chi connectivity index (χ4v) is 5.83. The number of aromatic nitrogens is 3. The predicted octanol–water partition coefficient (Wildman–Crippen LogP) is 6.17. The minimum atomic E-state index is -0.434. The van der Waals surface area contributed by atoms with Gasteiger partial charge in [0.15, 0.2) is 5.78 Å². The molecule has 0 spiro atoms. The maximum absolute atomic E-state index is 13.6. The maximum atomic E-state index is 13.6. The molecular formula is C28H27N5O2S2. The van der Waals surface area contributed by atoms with Crippen molar-refractivity contribution in [2.75, 3.05) is 16.4 Å². The third kappa shape index (κ3) is 5.23. The zero-order valence-corrected chi connectivity index (χ0v) is 22.7. The van der Waals surface area contributed by atoms with Gasteiger partial charge in [-0.05, 0) is 50.8 Å². The van der Waals surface area contributed by atoms with E-state index in [0.29, 0.717) is 27.9 Å². The minimum absolute atomic E-state index is 0.0170. The molecule has 37 heavy (non-hydrogen) atoms. The van der Waals surface area contributed by atoms with Gasteiger partial charge in [0, 0.05) is 21.8 Å². The topological polar surface area (TPSA) is 88.9 Å². The van der Waals surface area contributed by atoms with Crippen molar-refractivity contribution >= 4 is 46.4 Å². The van der Waals surface area contributed by atoms with Crippen LogP contribution >= 0.6 is 23.1 Å². The van der Waals surface area contributed by atoms with Gasteiger partial charge in [-0.3, -0.25) is 9.59 Å². The van der Waals surface area contributed by atoms with E-state index in [1.807, 2.05) is 87.7 Å². The Morgan fingerprint density at radius 2 is 1.81 bits per heavy atom. The van der Waals surface area contributed by atoms with Crippen molar-refractivity contribution < 1.29 is 9.59 Å². The van der Waals surface area contributed by atoms with Gasteiger partial charge in [0.05, 0.1) is 11.3 Å². The summed E-state index contributed by atoms with van der Waals surface area (Å²) in [5, 5.41) is 13.5. The summed E-state index contributed by atoms with van der Waals surface area (Å²) in [7, 11) is 0. The van der Waals surface area contributed by atoms with Crippen LogP contribution in [0.4, 0.5) is 11.6 Å². The number of nitrogens with zero attached hydrogens (tertiary/aromatic N) is 3. The highest BCUT2D eigenvalue weighted by Gasteiger charge is 2.35. The van der Waals surface area contributed by atoms with Crippen molar-refractivity contribution in [1.29, 1.82) is 0 Å². The lowest BCUT2D eigenvalue weighted by Gasteiger charge is -2.27. The molecule has 3 heterocycles. The van der Waals surface area contributed by atoms with Crippen molar-refractivity contribution in [3.8, 4) is 0 Å². The summed E-state index contributed by atoms with van der Waals surface area (Å²) in [4.78, 5) is 31.9. The quantitative estimate of drug-likeness (QED) is 0.220. The van der Waals surface area contributed by atoms with Gasteiger partial charge in [0.1, 0.15) is 6.04 Å². The zero-order valence-electron chi connectivity index (χ0n) is 21.0. The number of thiophene rings is 1. The summed E-state index contributed by atoms with van der Waals surface area (Å²) >= 11 is 2.85. The number of anilines is 2. The standard InChI is InChI=1S/C28H27N5O2S2/c1-16-7-10-20(11-8-16)22(34)15-37-28-31-27-29-19(4)24(25(33(27)32-28)23-6-5-13-36-23)26(35)30-21-12-9-17(2)14-18(21)3/h5-14,25H,15H2,1-4H3,(H,30,35)(H,29,31,32). The molecule has 2 aromatic heterocycles. The molecule has 1 amide bonds. The molecule has 0 saturated heterocycles. The Morgan fingerprint density at radius 3 is 2.51 bits per heavy atom. The number of carbonyl (C=O) groups excluding carboxylic acids is 2. The fraction of sp³-hybridized carbons (Fsp3) is 0.214. The van der Waals surface area contributed by atoms with Crippen molar-refractivity contribution in [2.45, 2.75) is 38.9 Å².